The lowest BCUT2D eigenvalue weighted by molar-refractivity contribution is 0.264. The molecule has 0 saturated heterocycles. The van der Waals surface area contributed by atoms with E-state index in [0.717, 1.165) is 31.3 Å². The molecule has 2 rings (SSSR count). The van der Waals surface area contributed by atoms with Crippen molar-refractivity contribution in [2.75, 3.05) is 6.61 Å². The molecule has 0 aliphatic heterocycles. The summed E-state index contributed by atoms with van der Waals surface area (Å²) in [7, 11) is 0. The number of ether oxygens (including phenoxy) is 2. The van der Waals surface area contributed by atoms with Gasteiger partial charge in [-0.05, 0) is 68.6 Å². The SMILES string of the molecule is CCOc1cc(CBr)cc(Br)c1OCc1ccc(Br)cn1. The molecule has 2 aromatic rings. The van der Waals surface area contributed by atoms with Crippen LogP contribution in [0.4, 0.5) is 0 Å². The molecule has 0 radical (unpaired) electrons. The molecule has 0 spiro atoms. The molecule has 6 heteroatoms. The van der Waals surface area contributed by atoms with Gasteiger partial charge in [-0.25, -0.2) is 0 Å². The largest absolute Gasteiger partial charge is 0.490 e. The summed E-state index contributed by atoms with van der Waals surface area (Å²) in [6, 6.07) is 7.86. The number of rotatable bonds is 6. The van der Waals surface area contributed by atoms with Gasteiger partial charge in [-0.2, -0.15) is 0 Å². The Bertz CT molecular complexity index is 603. The van der Waals surface area contributed by atoms with Crippen LogP contribution in [0.1, 0.15) is 18.2 Å². The van der Waals surface area contributed by atoms with Gasteiger partial charge < -0.3 is 9.47 Å². The van der Waals surface area contributed by atoms with Gasteiger partial charge in [0.05, 0.1) is 16.8 Å². The van der Waals surface area contributed by atoms with Crippen molar-refractivity contribution in [3.05, 3.63) is 50.7 Å². The molecule has 0 N–H and O–H groups in total. The molecule has 0 fully saturated rings. The minimum Gasteiger partial charge on any atom is -0.490 e. The Morgan fingerprint density at radius 2 is 1.95 bits per heavy atom. The van der Waals surface area contributed by atoms with Crippen molar-refractivity contribution in [2.45, 2.75) is 18.9 Å². The summed E-state index contributed by atoms with van der Waals surface area (Å²) >= 11 is 10.4. The summed E-state index contributed by atoms with van der Waals surface area (Å²) in [5.41, 5.74) is 1.98. The Morgan fingerprint density at radius 3 is 2.57 bits per heavy atom. The fourth-order valence-corrected chi connectivity index (χ4v) is 2.90. The summed E-state index contributed by atoms with van der Waals surface area (Å²) in [6.07, 6.45) is 1.76. The van der Waals surface area contributed by atoms with Crippen LogP contribution in [-0.2, 0) is 11.9 Å². The second-order valence-corrected chi connectivity index (χ2v) is 6.56. The fourth-order valence-electron chi connectivity index (χ4n) is 1.74. The second-order valence-electron chi connectivity index (χ2n) is 4.23. The Balaban J connectivity index is 2.19. The maximum absolute atomic E-state index is 5.88. The van der Waals surface area contributed by atoms with Crippen molar-refractivity contribution in [1.82, 2.24) is 4.98 Å². The lowest BCUT2D eigenvalue weighted by Gasteiger charge is -2.14. The zero-order valence-electron chi connectivity index (χ0n) is 11.4. The van der Waals surface area contributed by atoms with E-state index in [1.54, 1.807) is 6.20 Å². The van der Waals surface area contributed by atoms with Crippen LogP contribution in [0, 0.1) is 0 Å². The molecule has 0 bridgehead atoms. The zero-order valence-corrected chi connectivity index (χ0v) is 16.2. The third-order valence-corrected chi connectivity index (χ3v) is 4.38. The lowest BCUT2D eigenvalue weighted by atomic mass is 10.2. The average molecular weight is 480 g/mol. The molecule has 0 aliphatic rings. The summed E-state index contributed by atoms with van der Waals surface area (Å²) in [4.78, 5) is 4.30. The van der Waals surface area contributed by atoms with Crippen LogP contribution in [0.15, 0.2) is 39.4 Å². The first-order valence-corrected chi connectivity index (χ1v) is 9.09. The number of pyridine rings is 1. The van der Waals surface area contributed by atoms with Crippen LogP contribution in [0.5, 0.6) is 11.5 Å². The number of benzene rings is 1. The van der Waals surface area contributed by atoms with E-state index in [2.05, 4.69) is 52.8 Å². The van der Waals surface area contributed by atoms with Crippen LogP contribution in [0.3, 0.4) is 0 Å². The van der Waals surface area contributed by atoms with Gasteiger partial charge in [0.25, 0.3) is 0 Å². The Kier molecular flexibility index (Phi) is 6.51. The second kappa shape index (κ2) is 8.15. The predicted molar refractivity (Wildman–Crippen MR) is 94.2 cm³/mol. The molecule has 0 atom stereocenters. The monoisotopic (exact) mass is 477 g/mol. The molecule has 3 nitrogen and oxygen atoms in total. The summed E-state index contributed by atoms with van der Waals surface area (Å²) in [5.74, 6) is 1.43. The first kappa shape index (κ1) is 16.8. The number of hydrogen-bond acceptors (Lipinski definition) is 3. The van der Waals surface area contributed by atoms with Gasteiger partial charge in [-0.1, -0.05) is 15.9 Å². The fraction of sp³-hybridized carbons (Fsp3) is 0.267. The van der Waals surface area contributed by atoms with Gasteiger partial charge >= 0.3 is 0 Å². The number of nitrogens with zero attached hydrogens (tertiary/aromatic N) is 1. The molecule has 21 heavy (non-hydrogen) atoms. The van der Waals surface area contributed by atoms with Crippen LogP contribution in [0.25, 0.3) is 0 Å². The molecular formula is C15H14Br3NO2. The average Bonchev–Trinajstić information content (AvgIpc) is 2.48. The van der Waals surface area contributed by atoms with Gasteiger partial charge in [-0.15, -0.1) is 0 Å². The van der Waals surface area contributed by atoms with Crippen molar-refractivity contribution in [2.24, 2.45) is 0 Å². The molecule has 1 aromatic heterocycles. The van der Waals surface area contributed by atoms with E-state index in [1.807, 2.05) is 31.2 Å². The Labute approximate surface area is 149 Å². The highest BCUT2D eigenvalue weighted by atomic mass is 79.9. The van der Waals surface area contributed by atoms with E-state index in [1.165, 1.54) is 0 Å². The van der Waals surface area contributed by atoms with Crippen molar-refractivity contribution >= 4 is 47.8 Å². The molecule has 0 saturated carbocycles. The minimum absolute atomic E-state index is 0.389. The highest BCUT2D eigenvalue weighted by Gasteiger charge is 2.12. The molecule has 1 heterocycles. The van der Waals surface area contributed by atoms with E-state index in [-0.39, 0.29) is 0 Å². The molecule has 0 amide bonds. The van der Waals surface area contributed by atoms with Crippen molar-refractivity contribution in [3.63, 3.8) is 0 Å². The van der Waals surface area contributed by atoms with Crippen LogP contribution >= 0.6 is 47.8 Å². The van der Waals surface area contributed by atoms with Crippen LogP contribution in [0.2, 0.25) is 0 Å². The van der Waals surface area contributed by atoms with Gasteiger partial charge in [0.2, 0.25) is 0 Å². The van der Waals surface area contributed by atoms with Crippen molar-refractivity contribution in [3.8, 4) is 11.5 Å². The number of alkyl halides is 1. The quantitative estimate of drug-likeness (QED) is 0.514. The maximum Gasteiger partial charge on any atom is 0.175 e. The van der Waals surface area contributed by atoms with Gasteiger partial charge in [0.15, 0.2) is 11.5 Å². The maximum atomic E-state index is 5.88. The zero-order chi connectivity index (χ0) is 15.2. The van der Waals surface area contributed by atoms with Crippen LogP contribution in [-0.4, -0.2) is 11.6 Å². The number of halogens is 3. The van der Waals surface area contributed by atoms with Gasteiger partial charge in [-0.3, -0.25) is 4.98 Å². The molecule has 0 aliphatic carbocycles. The van der Waals surface area contributed by atoms with E-state index in [4.69, 9.17) is 9.47 Å². The predicted octanol–water partition coefficient (Wildman–Crippen LogP) is 5.48. The Morgan fingerprint density at radius 1 is 1.14 bits per heavy atom. The van der Waals surface area contributed by atoms with Gasteiger partial charge in [0, 0.05) is 16.0 Å². The first-order valence-electron chi connectivity index (χ1n) is 6.38. The number of aromatic nitrogens is 1. The number of hydrogen-bond donors (Lipinski definition) is 0. The topological polar surface area (TPSA) is 31.4 Å². The lowest BCUT2D eigenvalue weighted by Crippen LogP contribution is -2.02. The molecule has 112 valence electrons. The first-order chi connectivity index (χ1) is 10.1. The highest BCUT2D eigenvalue weighted by molar-refractivity contribution is 9.11. The van der Waals surface area contributed by atoms with E-state index < -0.39 is 0 Å². The summed E-state index contributed by atoms with van der Waals surface area (Å²) in [5, 5.41) is 0.764. The summed E-state index contributed by atoms with van der Waals surface area (Å²) < 4.78 is 13.4. The van der Waals surface area contributed by atoms with Crippen molar-refractivity contribution < 1.29 is 9.47 Å². The van der Waals surface area contributed by atoms with Crippen LogP contribution < -0.4 is 9.47 Å². The Hall–Kier alpha value is -0.590. The van der Waals surface area contributed by atoms with Gasteiger partial charge in [0.1, 0.15) is 6.61 Å². The molecular weight excluding hydrogens is 466 g/mol. The highest BCUT2D eigenvalue weighted by Crippen LogP contribution is 2.37. The third-order valence-electron chi connectivity index (χ3n) is 2.68. The smallest absolute Gasteiger partial charge is 0.175 e. The standard InChI is InChI=1S/C15H14Br3NO2/c1-2-20-14-6-10(7-16)5-13(18)15(14)21-9-12-4-3-11(17)8-19-12/h3-6,8H,2,7,9H2,1H3. The minimum atomic E-state index is 0.389. The normalized spacial score (nSPS) is 10.5. The third kappa shape index (κ3) is 4.69. The molecule has 1 aromatic carbocycles. The van der Waals surface area contributed by atoms with E-state index in [9.17, 15) is 0 Å². The van der Waals surface area contributed by atoms with E-state index >= 15 is 0 Å². The molecule has 0 unspecified atom stereocenters. The summed E-state index contributed by atoms with van der Waals surface area (Å²) in [6.45, 7) is 2.93. The van der Waals surface area contributed by atoms with Crippen molar-refractivity contribution in [1.29, 1.82) is 0 Å². The van der Waals surface area contributed by atoms with E-state index in [0.29, 0.717) is 19.0 Å².